The number of rotatable bonds is 7. The molecule has 1 unspecified atom stereocenters. The molecule has 0 spiro atoms. The number of cyclic esters (lactones) is 1. The average Bonchev–Trinajstić information content (AvgIpc) is 3.18. The lowest BCUT2D eigenvalue weighted by Gasteiger charge is -2.47. The van der Waals surface area contributed by atoms with Crippen LogP contribution in [0.15, 0.2) is 36.0 Å². The maximum Gasteiger partial charge on any atom is 0.329 e. The van der Waals surface area contributed by atoms with Gasteiger partial charge in [-0.15, -0.1) is 6.58 Å². The highest BCUT2D eigenvalue weighted by molar-refractivity contribution is 6.39. The SMILES string of the molecule is C=CCC1=CC(C)C[C@H](C)C[C@H](OC)[C@H]2O[C@@](O)(C(=O)C(=O)N3CCCC[C@H]3C(=O)O[C@H](C(C)=C[C@@H]3CC[C@H](C)[C@H](OC)C3)[C@H](C)[C@@H](O)CC1=O)[C@H](C)C[C@@H]2OC. The first-order valence-corrected chi connectivity index (χ1v) is 21.2. The number of esters is 1. The van der Waals surface area contributed by atoms with Gasteiger partial charge in [0.05, 0.1) is 24.4 Å². The van der Waals surface area contributed by atoms with Crippen LogP contribution < -0.4 is 0 Å². The van der Waals surface area contributed by atoms with Crippen molar-refractivity contribution in [3.8, 4) is 0 Å². The second-order valence-corrected chi connectivity index (χ2v) is 17.7. The van der Waals surface area contributed by atoms with Crippen molar-refractivity contribution in [3.05, 3.63) is 36.0 Å². The summed E-state index contributed by atoms with van der Waals surface area (Å²) in [5.41, 5.74) is 1.28. The van der Waals surface area contributed by atoms with Crippen molar-refractivity contribution in [2.24, 2.45) is 35.5 Å². The van der Waals surface area contributed by atoms with Gasteiger partial charge in [-0.05, 0) is 106 Å². The van der Waals surface area contributed by atoms with Crippen molar-refractivity contribution >= 4 is 23.4 Å². The molecule has 0 aromatic carbocycles. The van der Waals surface area contributed by atoms with Gasteiger partial charge in [-0.1, -0.05) is 52.8 Å². The zero-order chi connectivity index (χ0) is 42.2. The minimum absolute atomic E-state index is 0.0351. The Bertz CT molecular complexity index is 1480. The van der Waals surface area contributed by atoms with Crippen LogP contribution >= 0.6 is 0 Å². The Hall–Kier alpha value is -2.74. The van der Waals surface area contributed by atoms with Gasteiger partial charge in [-0.25, -0.2) is 4.79 Å². The Morgan fingerprint density at radius 2 is 1.60 bits per heavy atom. The van der Waals surface area contributed by atoms with Crippen molar-refractivity contribution in [3.63, 3.8) is 0 Å². The molecular formula is C45H71NO11. The monoisotopic (exact) mass is 802 g/mol. The van der Waals surface area contributed by atoms with Gasteiger partial charge >= 0.3 is 5.97 Å². The van der Waals surface area contributed by atoms with Crippen molar-refractivity contribution < 1.29 is 53.1 Å². The van der Waals surface area contributed by atoms with Crippen LogP contribution in [0.25, 0.3) is 0 Å². The van der Waals surface area contributed by atoms with E-state index in [0.29, 0.717) is 43.6 Å². The Kier molecular flexibility index (Phi) is 17.3. The lowest BCUT2D eigenvalue weighted by atomic mass is 9.79. The number of amides is 1. The molecule has 4 aliphatic rings. The molecule has 4 rings (SSSR count). The summed E-state index contributed by atoms with van der Waals surface area (Å²) in [6.07, 6.45) is 7.32. The number of piperidine rings is 1. The normalized spacial score (nSPS) is 40.1. The van der Waals surface area contributed by atoms with Crippen molar-refractivity contribution in [2.45, 2.75) is 161 Å². The van der Waals surface area contributed by atoms with Crippen LogP contribution in [-0.2, 0) is 42.9 Å². The van der Waals surface area contributed by atoms with E-state index in [1.807, 2.05) is 19.9 Å². The lowest BCUT2D eigenvalue weighted by molar-refractivity contribution is -0.302. The van der Waals surface area contributed by atoms with E-state index in [2.05, 4.69) is 26.5 Å². The fraction of sp³-hybridized carbons (Fsp3) is 0.778. The van der Waals surface area contributed by atoms with Gasteiger partial charge in [0.25, 0.3) is 11.7 Å². The zero-order valence-electron chi connectivity index (χ0n) is 35.9. The highest BCUT2D eigenvalue weighted by Gasteiger charge is 2.56. The molecule has 1 saturated carbocycles. The molecule has 3 heterocycles. The summed E-state index contributed by atoms with van der Waals surface area (Å²) < 4.78 is 30.1. The average molecular weight is 802 g/mol. The summed E-state index contributed by atoms with van der Waals surface area (Å²) >= 11 is 0. The van der Waals surface area contributed by atoms with E-state index in [4.69, 9.17) is 23.7 Å². The van der Waals surface area contributed by atoms with Crippen LogP contribution in [0.4, 0.5) is 0 Å². The summed E-state index contributed by atoms with van der Waals surface area (Å²) in [5, 5.41) is 23.8. The van der Waals surface area contributed by atoms with E-state index in [9.17, 15) is 29.4 Å². The molecule has 1 amide bonds. The molecule has 3 fully saturated rings. The van der Waals surface area contributed by atoms with Gasteiger partial charge in [-0.3, -0.25) is 14.4 Å². The van der Waals surface area contributed by atoms with Crippen molar-refractivity contribution in [2.75, 3.05) is 27.9 Å². The number of nitrogens with zero attached hydrogens (tertiary/aromatic N) is 1. The van der Waals surface area contributed by atoms with Crippen LogP contribution in [0.2, 0.25) is 0 Å². The first-order chi connectivity index (χ1) is 27.0. The summed E-state index contributed by atoms with van der Waals surface area (Å²) in [4.78, 5) is 57.9. The molecule has 57 heavy (non-hydrogen) atoms. The number of hydrogen-bond donors (Lipinski definition) is 2. The number of aliphatic hydroxyl groups excluding tert-OH is 1. The number of fused-ring (bicyclic) bond motifs is 3. The number of ketones is 2. The second kappa shape index (κ2) is 21.0. The summed E-state index contributed by atoms with van der Waals surface area (Å²) in [6, 6.07) is -1.11. The number of carbonyl (C=O) groups is 4. The maximum absolute atomic E-state index is 14.3. The van der Waals surface area contributed by atoms with E-state index in [1.165, 1.54) is 19.1 Å². The van der Waals surface area contributed by atoms with Gasteiger partial charge in [0.15, 0.2) is 5.78 Å². The van der Waals surface area contributed by atoms with Crippen molar-refractivity contribution in [1.29, 1.82) is 0 Å². The Balaban J connectivity index is 1.78. The maximum atomic E-state index is 14.3. The third-order valence-corrected chi connectivity index (χ3v) is 13.2. The molecule has 12 nitrogen and oxygen atoms in total. The lowest BCUT2D eigenvalue weighted by Crippen LogP contribution is -2.64. The smallest absolute Gasteiger partial charge is 0.329 e. The molecule has 322 valence electrons. The number of ether oxygens (including phenoxy) is 5. The van der Waals surface area contributed by atoms with Crippen LogP contribution in [-0.4, -0.2) is 115 Å². The van der Waals surface area contributed by atoms with Crippen LogP contribution in [0.5, 0.6) is 0 Å². The minimum Gasteiger partial charge on any atom is -0.456 e. The quantitative estimate of drug-likeness (QED) is 0.179. The highest BCUT2D eigenvalue weighted by Crippen LogP contribution is 2.39. The number of Topliss-reactive ketones (excluding diaryl/α,β-unsaturated/α-hetero) is 2. The Labute approximate surface area is 340 Å². The molecule has 0 radical (unpaired) electrons. The standard InChI is InChI=1S/C45H71NO11/c1-11-14-33-20-26(2)19-27(3)21-38(54-9)41-39(55-10)23-30(6)45(52,57-41)42(49)43(50)46-18-13-12-15-34(46)44(51)56-40(31(7)35(47)25-36(33)48)29(5)22-32-17-16-28(4)37(24-32)53-8/h11,20,22,26-28,30-32,34-35,37-41,47,52H,1,12-19,21,23-25H2,2-10H3/t26?,27-,28-,30+,31+,32-,34-,35-,37+,38-,39-,40+,41+,45+/m0/s1. The summed E-state index contributed by atoms with van der Waals surface area (Å²) in [5.74, 6) is -6.52. The fourth-order valence-corrected chi connectivity index (χ4v) is 9.69. The van der Waals surface area contributed by atoms with Gasteiger partial charge in [0, 0.05) is 46.1 Å². The summed E-state index contributed by atoms with van der Waals surface area (Å²) in [7, 11) is 4.79. The van der Waals surface area contributed by atoms with Crippen LogP contribution in [0, 0.1) is 35.5 Å². The molecule has 0 aromatic heterocycles. The topological polar surface area (TPSA) is 158 Å². The van der Waals surface area contributed by atoms with Crippen molar-refractivity contribution in [1.82, 2.24) is 4.90 Å². The van der Waals surface area contributed by atoms with Gasteiger partial charge in [-0.2, -0.15) is 0 Å². The van der Waals surface area contributed by atoms with E-state index in [1.54, 1.807) is 27.0 Å². The Morgan fingerprint density at radius 3 is 2.25 bits per heavy atom. The number of methoxy groups -OCH3 is 3. The fourth-order valence-electron chi connectivity index (χ4n) is 9.69. The molecular weight excluding hydrogens is 730 g/mol. The van der Waals surface area contributed by atoms with Gasteiger partial charge in [0.1, 0.15) is 18.2 Å². The first kappa shape index (κ1) is 46.9. The molecule has 12 heteroatoms. The number of carbonyl (C=O) groups excluding carboxylic acids is 4. The molecule has 3 aliphatic heterocycles. The number of allylic oxidation sites excluding steroid dienone is 4. The van der Waals surface area contributed by atoms with E-state index in [0.717, 1.165) is 24.8 Å². The predicted molar refractivity (Wildman–Crippen MR) is 216 cm³/mol. The third kappa shape index (κ3) is 11.3. The Morgan fingerprint density at radius 1 is 0.930 bits per heavy atom. The molecule has 1 aliphatic carbocycles. The molecule has 2 N–H and O–H groups in total. The molecule has 0 aromatic rings. The molecule has 2 saturated heterocycles. The number of aliphatic hydroxyl groups is 2. The zero-order valence-corrected chi connectivity index (χ0v) is 35.9. The van der Waals surface area contributed by atoms with E-state index >= 15 is 0 Å². The minimum atomic E-state index is -2.49. The highest BCUT2D eigenvalue weighted by atomic mass is 16.7. The third-order valence-electron chi connectivity index (χ3n) is 13.2. The van der Waals surface area contributed by atoms with Crippen LogP contribution in [0.3, 0.4) is 0 Å². The predicted octanol–water partition coefficient (Wildman–Crippen LogP) is 5.91. The summed E-state index contributed by atoms with van der Waals surface area (Å²) in [6.45, 7) is 15.5. The first-order valence-electron chi connectivity index (χ1n) is 21.2. The second-order valence-electron chi connectivity index (χ2n) is 17.7. The van der Waals surface area contributed by atoms with Gasteiger partial charge in [0.2, 0.25) is 5.79 Å². The largest absolute Gasteiger partial charge is 0.456 e. The van der Waals surface area contributed by atoms with Gasteiger partial charge < -0.3 is 38.8 Å². The number of hydrogen-bond acceptors (Lipinski definition) is 11. The van der Waals surface area contributed by atoms with E-state index < -0.39 is 71.8 Å². The van der Waals surface area contributed by atoms with Crippen LogP contribution in [0.1, 0.15) is 112 Å². The molecule has 14 atom stereocenters. The van der Waals surface area contributed by atoms with E-state index in [-0.39, 0.29) is 55.4 Å². The molecule has 2 bridgehead atoms.